The SMILES string of the molecule is CC(C)CNCc1nnc(NCCC(C)S(C)=O)o1. The quantitative estimate of drug-likeness (QED) is 0.714. The molecule has 0 aromatic carbocycles. The Hall–Kier alpha value is -0.950. The van der Waals surface area contributed by atoms with Crippen LogP contribution in [0.25, 0.3) is 0 Å². The Morgan fingerprint density at radius 1 is 1.32 bits per heavy atom. The van der Waals surface area contributed by atoms with E-state index in [1.54, 1.807) is 6.26 Å². The third kappa shape index (κ3) is 6.68. The van der Waals surface area contributed by atoms with Gasteiger partial charge in [-0.3, -0.25) is 4.21 Å². The second-order valence-corrected chi connectivity index (χ2v) is 6.85. The van der Waals surface area contributed by atoms with Crippen molar-refractivity contribution in [1.82, 2.24) is 15.5 Å². The second kappa shape index (κ2) is 8.27. The molecule has 0 radical (unpaired) electrons. The molecule has 1 aromatic rings. The highest BCUT2D eigenvalue weighted by Crippen LogP contribution is 2.06. The molecule has 0 saturated heterocycles. The van der Waals surface area contributed by atoms with Crippen LogP contribution in [0.3, 0.4) is 0 Å². The first kappa shape index (κ1) is 16.1. The van der Waals surface area contributed by atoms with Gasteiger partial charge in [-0.15, -0.1) is 5.10 Å². The van der Waals surface area contributed by atoms with Gasteiger partial charge in [-0.2, -0.15) is 0 Å². The van der Waals surface area contributed by atoms with E-state index >= 15 is 0 Å². The molecule has 0 saturated carbocycles. The number of rotatable bonds is 9. The zero-order valence-corrected chi connectivity index (χ0v) is 12.9. The summed E-state index contributed by atoms with van der Waals surface area (Å²) >= 11 is 0. The van der Waals surface area contributed by atoms with Crippen molar-refractivity contribution in [3.63, 3.8) is 0 Å². The first-order valence-corrected chi connectivity index (χ1v) is 8.20. The molecule has 0 aliphatic heterocycles. The van der Waals surface area contributed by atoms with Gasteiger partial charge in [0.15, 0.2) is 0 Å². The van der Waals surface area contributed by atoms with Gasteiger partial charge >= 0.3 is 6.01 Å². The number of nitrogens with one attached hydrogen (secondary N) is 2. The number of aromatic nitrogens is 2. The molecule has 0 aliphatic carbocycles. The summed E-state index contributed by atoms with van der Waals surface area (Å²) < 4.78 is 16.6. The zero-order valence-electron chi connectivity index (χ0n) is 12.1. The van der Waals surface area contributed by atoms with Crippen LogP contribution in [0.1, 0.15) is 33.1 Å². The normalized spacial score (nSPS) is 14.6. The third-order valence-electron chi connectivity index (χ3n) is 2.69. The molecule has 0 spiro atoms. The maximum Gasteiger partial charge on any atom is 0.315 e. The molecular weight excluding hydrogens is 264 g/mol. The average Bonchev–Trinajstić information content (AvgIpc) is 2.76. The first-order chi connectivity index (χ1) is 8.99. The summed E-state index contributed by atoms with van der Waals surface area (Å²) in [5.74, 6) is 1.17. The zero-order chi connectivity index (χ0) is 14.3. The summed E-state index contributed by atoms with van der Waals surface area (Å²) in [6, 6.07) is 0.426. The first-order valence-electron chi connectivity index (χ1n) is 6.58. The molecule has 19 heavy (non-hydrogen) atoms. The lowest BCUT2D eigenvalue weighted by Crippen LogP contribution is -2.19. The van der Waals surface area contributed by atoms with Crippen LogP contribution in [0.15, 0.2) is 4.42 Å². The van der Waals surface area contributed by atoms with Crippen molar-refractivity contribution in [2.45, 2.75) is 39.0 Å². The molecule has 1 heterocycles. The minimum absolute atomic E-state index is 0.169. The number of nitrogens with zero attached hydrogens (tertiary/aromatic N) is 2. The van der Waals surface area contributed by atoms with Gasteiger partial charge in [-0.25, -0.2) is 0 Å². The van der Waals surface area contributed by atoms with Gasteiger partial charge in [-0.1, -0.05) is 25.9 Å². The Bertz CT molecular complexity index is 395. The van der Waals surface area contributed by atoms with Gasteiger partial charge < -0.3 is 15.1 Å². The lowest BCUT2D eigenvalue weighted by molar-refractivity contribution is 0.458. The van der Waals surface area contributed by atoms with Crippen molar-refractivity contribution < 1.29 is 8.63 Å². The van der Waals surface area contributed by atoms with Crippen molar-refractivity contribution in [2.75, 3.05) is 24.7 Å². The Balaban J connectivity index is 2.25. The van der Waals surface area contributed by atoms with Gasteiger partial charge in [0.25, 0.3) is 0 Å². The molecular formula is C12H24N4O2S. The maximum atomic E-state index is 11.2. The fourth-order valence-electron chi connectivity index (χ4n) is 1.41. The topological polar surface area (TPSA) is 80.0 Å². The molecule has 0 aliphatic rings. The minimum Gasteiger partial charge on any atom is -0.407 e. The molecule has 2 atom stereocenters. The van der Waals surface area contributed by atoms with E-state index in [9.17, 15) is 4.21 Å². The fraction of sp³-hybridized carbons (Fsp3) is 0.833. The molecule has 2 N–H and O–H groups in total. The summed E-state index contributed by atoms with van der Waals surface area (Å²) in [5, 5.41) is 14.3. The van der Waals surface area contributed by atoms with E-state index in [-0.39, 0.29) is 5.25 Å². The summed E-state index contributed by atoms with van der Waals surface area (Å²) in [7, 11) is -0.789. The number of anilines is 1. The largest absolute Gasteiger partial charge is 0.407 e. The van der Waals surface area contributed by atoms with E-state index in [1.807, 2.05) is 6.92 Å². The predicted octanol–water partition coefficient (Wildman–Crippen LogP) is 1.38. The molecule has 7 heteroatoms. The average molecular weight is 288 g/mol. The molecule has 2 unspecified atom stereocenters. The van der Waals surface area contributed by atoms with Crippen LogP contribution in [0.4, 0.5) is 6.01 Å². The summed E-state index contributed by atoms with van der Waals surface area (Å²) in [6.45, 7) is 8.45. The van der Waals surface area contributed by atoms with E-state index in [2.05, 4.69) is 34.7 Å². The second-order valence-electron chi connectivity index (χ2n) is 5.05. The molecule has 0 bridgehead atoms. The standard InChI is InChI=1S/C12H24N4O2S/c1-9(2)7-13-8-11-15-16-12(18-11)14-6-5-10(3)19(4)17/h9-10,13H,5-8H2,1-4H3,(H,14,16). The number of hydrogen-bond acceptors (Lipinski definition) is 6. The van der Waals surface area contributed by atoms with Crippen molar-refractivity contribution in [2.24, 2.45) is 5.92 Å². The van der Waals surface area contributed by atoms with Crippen LogP contribution >= 0.6 is 0 Å². The fourth-order valence-corrected chi connectivity index (χ4v) is 1.86. The van der Waals surface area contributed by atoms with E-state index in [4.69, 9.17) is 4.42 Å². The highest BCUT2D eigenvalue weighted by atomic mass is 32.2. The third-order valence-corrected chi connectivity index (χ3v) is 4.06. The molecule has 1 aromatic heterocycles. The Kier molecular flexibility index (Phi) is 7.01. The molecule has 0 fully saturated rings. The summed E-state index contributed by atoms with van der Waals surface area (Å²) in [5.41, 5.74) is 0. The van der Waals surface area contributed by atoms with Gasteiger partial charge in [0, 0.05) is 28.9 Å². The van der Waals surface area contributed by atoms with Crippen LogP contribution in [0.5, 0.6) is 0 Å². The van der Waals surface area contributed by atoms with Crippen molar-refractivity contribution in [3.05, 3.63) is 5.89 Å². The summed E-state index contributed by atoms with van der Waals surface area (Å²) in [6.07, 6.45) is 2.53. The predicted molar refractivity (Wildman–Crippen MR) is 77.5 cm³/mol. The van der Waals surface area contributed by atoms with Crippen molar-refractivity contribution in [3.8, 4) is 0 Å². The molecule has 6 nitrogen and oxygen atoms in total. The Labute approximate surface area is 117 Å². The molecule has 110 valence electrons. The maximum absolute atomic E-state index is 11.2. The van der Waals surface area contributed by atoms with Crippen LogP contribution < -0.4 is 10.6 Å². The van der Waals surface area contributed by atoms with E-state index in [1.165, 1.54) is 0 Å². The minimum atomic E-state index is -0.789. The monoisotopic (exact) mass is 288 g/mol. The lowest BCUT2D eigenvalue weighted by atomic mass is 10.2. The lowest BCUT2D eigenvalue weighted by Gasteiger charge is -2.07. The highest BCUT2D eigenvalue weighted by molar-refractivity contribution is 7.84. The summed E-state index contributed by atoms with van der Waals surface area (Å²) in [4.78, 5) is 0. The van der Waals surface area contributed by atoms with Crippen LogP contribution in [0, 0.1) is 5.92 Å². The van der Waals surface area contributed by atoms with E-state index < -0.39 is 10.8 Å². The van der Waals surface area contributed by atoms with Gasteiger partial charge in [0.1, 0.15) is 0 Å². The molecule has 1 rings (SSSR count). The highest BCUT2D eigenvalue weighted by Gasteiger charge is 2.08. The van der Waals surface area contributed by atoms with E-state index in [0.29, 0.717) is 30.9 Å². The van der Waals surface area contributed by atoms with E-state index in [0.717, 1.165) is 13.0 Å². The smallest absolute Gasteiger partial charge is 0.315 e. The van der Waals surface area contributed by atoms with Gasteiger partial charge in [0.05, 0.1) is 6.54 Å². The Morgan fingerprint density at radius 2 is 2.05 bits per heavy atom. The van der Waals surface area contributed by atoms with Crippen molar-refractivity contribution in [1.29, 1.82) is 0 Å². The molecule has 0 amide bonds. The van der Waals surface area contributed by atoms with Crippen molar-refractivity contribution >= 4 is 16.8 Å². The van der Waals surface area contributed by atoms with Crippen LogP contribution in [-0.2, 0) is 17.3 Å². The van der Waals surface area contributed by atoms with Gasteiger partial charge in [0.2, 0.25) is 5.89 Å². The van der Waals surface area contributed by atoms with Gasteiger partial charge in [-0.05, 0) is 18.9 Å². The van der Waals surface area contributed by atoms with Crippen LogP contribution in [-0.4, -0.2) is 39.0 Å². The van der Waals surface area contributed by atoms with Crippen LogP contribution in [0.2, 0.25) is 0 Å². The Morgan fingerprint density at radius 3 is 2.68 bits per heavy atom. The number of hydrogen-bond donors (Lipinski definition) is 2.